The lowest BCUT2D eigenvalue weighted by Gasteiger charge is -2.13. The molecule has 0 saturated heterocycles. The summed E-state index contributed by atoms with van der Waals surface area (Å²) in [4.78, 5) is 17.3. The van der Waals surface area contributed by atoms with E-state index < -0.39 is 5.97 Å². The number of benzene rings is 2. The normalized spacial score (nSPS) is 13.5. The van der Waals surface area contributed by atoms with Crippen LogP contribution in [0.1, 0.15) is 30.3 Å². The zero-order chi connectivity index (χ0) is 21.6. The lowest BCUT2D eigenvalue weighted by atomic mass is 10.1. The third kappa shape index (κ3) is 4.91. The molecule has 4 rings (SSSR count). The molecular weight excluding hydrogens is 416 g/mol. The number of imidazole rings is 1. The van der Waals surface area contributed by atoms with Crippen LogP contribution in [0.2, 0.25) is 5.02 Å². The van der Waals surface area contributed by atoms with Crippen molar-refractivity contribution in [2.75, 3.05) is 19.8 Å². The number of carbonyl (C=O) groups excluding carboxylic acids is 1. The van der Waals surface area contributed by atoms with Gasteiger partial charge < -0.3 is 18.8 Å². The van der Waals surface area contributed by atoms with Crippen LogP contribution in [0.3, 0.4) is 0 Å². The van der Waals surface area contributed by atoms with Crippen molar-refractivity contribution in [1.82, 2.24) is 9.55 Å². The third-order valence-corrected chi connectivity index (χ3v) is 5.06. The van der Waals surface area contributed by atoms with Crippen LogP contribution in [0, 0.1) is 0 Å². The van der Waals surface area contributed by atoms with Crippen LogP contribution in [-0.2, 0) is 16.1 Å². The summed E-state index contributed by atoms with van der Waals surface area (Å²) < 4.78 is 18.7. The number of nitrogens with zero attached hydrogens (tertiary/aromatic N) is 2. The maximum Gasteiger partial charge on any atom is 0.341 e. The molecule has 160 valence electrons. The van der Waals surface area contributed by atoms with E-state index in [2.05, 4.69) is 4.98 Å². The summed E-state index contributed by atoms with van der Waals surface area (Å²) >= 11 is 6.44. The fraction of sp³-hybridized carbons (Fsp3) is 0.250. The van der Waals surface area contributed by atoms with Crippen molar-refractivity contribution < 1.29 is 19.0 Å². The van der Waals surface area contributed by atoms with E-state index in [1.165, 1.54) is 0 Å². The summed E-state index contributed by atoms with van der Waals surface area (Å²) in [7, 11) is 0. The average molecular weight is 439 g/mol. The molecule has 0 unspecified atom stereocenters. The van der Waals surface area contributed by atoms with E-state index in [9.17, 15) is 4.79 Å². The van der Waals surface area contributed by atoms with Gasteiger partial charge in [0.25, 0.3) is 0 Å². The Labute approximate surface area is 186 Å². The molecule has 2 heterocycles. The van der Waals surface area contributed by atoms with Gasteiger partial charge in [-0.2, -0.15) is 0 Å². The summed E-state index contributed by atoms with van der Waals surface area (Å²) in [6, 6.07) is 13.6. The number of esters is 1. The Morgan fingerprint density at radius 3 is 2.84 bits per heavy atom. The van der Waals surface area contributed by atoms with Gasteiger partial charge >= 0.3 is 5.97 Å². The van der Waals surface area contributed by atoms with Gasteiger partial charge in [-0.1, -0.05) is 41.9 Å². The fourth-order valence-corrected chi connectivity index (χ4v) is 3.66. The number of ether oxygens (including phenoxy) is 3. The molecule has 0 amide bonds. The quantitative estimate of drug-likeness (QED) is 0.406. The van der Waals surface area contributed by atoms with Gasteiger partial charge in [0.1, 0.15) is 11.4 Å². The Morgan fingerprint density at radius 1 is 1.23 bits per heavy atom. The molecule has 1 aromatic heterocycles. The van der Waals surface area contributed by atoms with Gasteiger partial charge in [0, 0.05) is 25.4 Å². The lowest BCUT2D eigenvalue weighted by Crippen LogP contribution is -2.12. The summed E-state index contributed by atoms with van der Waals surface area (Å²) in [6.45, 7) is 3.71. The van der Waals surface area contributed by atoms with Crippen LogP contribution in [0.25, 0.3) is 11.6 Å². The van der Waals surface area contributed by atoms with Crippen LogP contribution in [-0.4, -0.2) is 35.3 Å². The molecule has 1 aliphatic heterocycles. The predicted molar refractivity (Wildman–Crippen MR) is 119 cm³/mol. The van der Waals surface area contributed by atoms with Gasteiger partial charge in [-0.05, 0) is 36.3 Å². The van der Waals surface area contributed by atoms with Crippen molar-refractivity contribution in [2.45, 2.75) is 19.9 Å². The SMILES string of the molecule is CCOC(=O)/C(=C/c1cc(Cl)c2c(c1)OCCCO2)c1nccn1Cc1ccccc1. The molecule has 2 aromatic carbocycles. The van der Waals surface area contributed by atoms with Crippen molar-refractivity contribution in [3.8, 4) is 11.5 Å². The van der Waals surface area contributed by atoms with E-state index in [0.717, 1.165) is 12.0 Å². The van der Waals surface area contributed by atoms with Gasteiger partial charge in [0.15, 0.2) is 11.5 Å². The molecule has 0 N–H and O–H groups in total. The van der Waals surface area contributed by atoms with Crippen LogP contribution >= 0.6 is 11.6 Å². The van der Waals surface area contributed by atoms with Crippen molar-refractivity contribution in [3.05, 3.63) is 76.8 Å². The van der Waals surface area contributed by atoms with Gasteiger partial charge in [-0.15, -0.1) is 0 Å². The number of rotatable bonds is 6. The highest BCUT2D eigenvalue weighted by Crippen LogP contribution is 2.39. The molecule has 0 fully saturated rings. The van der Waals surface area contributed by atoms with Crippen LogP contribution in [0.4, 0.5) is 0 Å². The Kier molecular flexibility index (Phi) is 6.57. The molecule has 1 aliphatic rings. The molecule has 0 atom stereocenters. The number of hydrogen-bond donors (Lipinski definition) is 0. The molecule has 0 aliphatic carbocycles. The molecule has 6 nitrogen and oxygen atoms in total. The Balaban J connectivity index is 1.74. The van der Waals surface area contributed by atoms with E-state index in [1.807, 2.05) is 47.2 Å². The molecule has 0 bridgehead atoms. The predicted octanol–water partition coefficient (Wildman–Crippen LogP) is 4.85. The average Bonchev–Trinajstić information content (AvgIpc) is 3.07. The van der Waals surface area contributed by atoms with Gasteiger partial charge in [0.05, 0.1) is 24.8 Å². The largest absolute Gasteiger partial charge is 0.489 e. The van der Waals surface area contributed by atoms with Gasteiger partial charge in [-0.3, -0.25) is 0 Å². The summed E-state index contributed by atoms with van der Waals surface area (Å²) in [5.74, 6) is 1.16. The minimum Gasteiger partial charge on any atom is -0.489 e. The first-order valence-electron chi connectivity index (χ1n) is 10.2. The summed E-state index contributed by atoms with van der Waals surface area (Å²) in [6.07, 6.45) is 6.02. The third-order valence-electron chi connectivity index (χ3n) is 4.78. The van der Waals surface area contributed by atoms with E-state index in [1.54, 1.807) is 25.3 Å². The maximum absolute atomic E-state index is 12.8. The molecule has 0 radical (unpaired) electrons. The lowest BCUT2D eigenvalue weighted by molar-refractivity contribution is -0.136. The topological polar surface area (TPSA) is 62.6 Å². The second-order valence-corrected chi connectivity index (χ2v) is 7.43. The zero-order valence-electron chi connectivity index (χ0n) is 17.2. The van der Waals surface area contributed by atoms with Gasteiger partial charge in [-0.25, -0.2) is 9.78 Å². The number of halogens is 1. The Hall–Kier alpha value is -3.25. The maximum atomic E-state index is 12.8. The van der Waals surface area contributed by atoms with E-state index >= 15 is 0 Å². The van der Waals surface area contributed by atoms with Crippen LogP contribution in [0.15, 0.2) is 54.9 Å². The molecule has 7 heteroatoms. The first-order valence-corrected chi connectivity index (χ1v) is 10.6. The van der Waals surface area contributed by atoms with E-state index in [-0.39, 0.29) is 6.61 Å². The van der Waals surface area contributed by atoms with Crippen molar-refractivity contribution in [2.24, 2.45) is 0 Å². The molecule has 0 spiro atoms. The highest BCUT2D eigenvalue weighted by Gasteiger charge is 2.21. The first-order chi connectivity index (χ1) is 15.2. The second kappa shape index (κ2) is 9.71. The van der Waals surface area contributed by atoms with E-state index in [4.69, 9.17) is 25.8 Å². The first kappa shape index (κ1) is 21.0. The minimum atomic E-state index is -0.453. The molecule has 31 heavy (non-hydrogen) atoms. The van der Waals surface area contributed by atoms with Crippen LogP contribution < -0.4 is 9.47 Å². The van der Waals surface area contributed by atoms with E-state index in [0.29, 0.717) is 53.2 Å². The Bertz CT molecular complexity index is 1090. The van der Waals surface area contributed by atoms with Gasteiger partial charge in [0.2, 0.25) is 0 Å². The molecule has 3 aromatic rings. The molecular formula is C24H23ClN2O4. The number of fused-ring (bicyclic) bond motifs is 1. The number of carbonyl (C=O) groups is 1. The fourth-order valence-electron chi connectivity index (χ4n) is 3.39. The number of hydrogen-bond acceptors (Lipinski definition) is 5. The standard InChI is InChI=1S/C24H23ClN2O4/c1-2-29-24(28)19(23-26-9-10-27(23)16-17-7-4-3-5-8-17)13-18-14-20(25)22-21(15-18)30-11-6-12-31-22/h3-5,7-10,13-15H,2,6,11-12,16H2,1H3/b19-13+. The number of aromatic nitrogens is 2. The summed E-state index contributed by atoms with van der Waals surface area (Å²) in [5, 5.41) is 0.432. The monoisotopic (exact) mass is 438 g/mol. The Morgan fingerprint density at radius 2 is 2.03 bits per heavy atom. The smallest absolute Gasteiger partial charge is 0.341 e. The van der Waals surface area contributed by atoms with Crippen molar-refractivity contribution in [3.63, 3.8) is 0 Å². The van der Waals surface area contributed by atoms with Crippen molar-refractivity contribution in [1.29, 1.82) is 0 Å². The highest BCUT2D eigenvalue weighted by atomic mass is 35.5. The minimum absolute atomic E-state index is 0.261. The molecule has 0 saturated carbocycles. The highest BCUT2D eigenvalue weighted by molar-refractivity contribution is 6.32. The zero-order valence-corrected chi connectivity index (χ0v) is 18.0. The van der Waals surface area contributed by atoms with Crippen LogP contribution in [0.5, 0.6) is 11.5 Å². The van der Waals surface area contributed by atoms with Crippen molar-refractivity contribution >= 4 is 29.2 Å². The summed E-state index contributed by atoms with van der Waals surface area (Å²) in [5.41, 5.74) is 2.14. The second-order valence-electron chi connectivity index (χ2n) is 7.02.